The maximum Gasteiger partial charge on any atom is 0.356 e. The van der Waals surface area contributed by atoms with Gasteiger partial charge in [-0.3, -0.25) is 5.21 Å². The minimum atomic E-state index is -0.863. The third-order valence-corrected chi connectivity index (χ3v) is 2.33. The molecular weight excluding hydrogens is 258 g/mol. The lowest BCUT2D eigenvalue weighted by Gasteiger charge is -2.24. The zero-order valence-electron chi connectivity index (χ0n) is 11.0. The summed E-state index contributed by atoms with van der Waals surface area (Å²) in [6, 6.07) is 6.80. The largest absolute Gasteiger partial charge is 0.356 e. The Kier molecular flexibility index (Phi) is 5.99. The van der Waals surface area contributed by atoms with Crippen LogP contribution in [0.2, 0.25) is 0 Å². The van der Waals surface area contributed by atoms with Crippen molar-refractivity contribution in [3.8, 4) is 0 Å². The molecule has 0 aliphatic heterocycles. The van der Waals surface area contributed by atoms with E-state index in [9.17, 15) is 14.8 Å². The Hall–Kier alpha value is -2.60. The van der Waals surface area contributed by atoms with Gasteiger partial charge in [-0.1, -0.05) is 30.4 Å². The second kappa shape index (κ2) is 7.75. The van der Waals surface area contributed by atoms with Gasteiger partial charge in [-0.05, 0) is 12.1 Å². The number of hydrogen-bond donors (Lipinski definition) is 2. The first-order valence-electron chi connectivity index (χ1n) is 5.97. The SMILES string of the molecule is C=CCNC(=O)N(C(=O)N(O)CC=C)c1ccccc1. The van der Waals surface area contributed by atoms with Gasteiger partial charge in [0.2, 0.25) is 0 Å². The van der Waals surface area contributed by atoms with Gasteiger partial charge >= 0.3 is 12.1 Å². The maximum atomic E-state index is 12.1. The van der Waals surface area contributed by atoms with Crippen molar-refractivity contribution in [3.63, 3.8) is 0 Å². The first kappa shape index (κ1) is 15.5. The van der Waals surface area contributed by atoms with E-state index in [1.807, 2.05) is 0 Å². The topological polar surface area (TPSA) is 72.9 Å². The fourth-order valence-electron chi connectivity index (χ4n) is 1.45. The van der Waals surface area contributed by atoms with Crippen LogP contribution in [0, 0.1) is 0 Å². The standard InChI is InChI=1S/C14H17N3O3/c1-3-10-15-13(18)17(12-8-6-5-7-9-12)14(19)16(20)11-4-2/h3-9,20H,1-2,10-11H2,(H,15,18). The van der Waals surface area contributed by atoms with Crippen molar-refractivity contribution in [2.45, 2.75) is 0 Å². The number of para-hydroxylation sites is 1. The molecule has 4 amide bonds. The van der Waals surface area contributed by atoms with E-state index in [2.05, 4.69) is 18.5 Å². The summed E-state index contributed by atoms with van der Waals surface area (Å²) in [5.74, 6) is 0. The average Bonchev–Trinajstić information content (AvgIpc) is 2.46. The molecule has 0 aliphatic rings. The highest BCUT2D eigenvalue weighted by Crippen LogP contribution is 2.15. The van der Waals surface area contributed by atoms with Gasteiger partial charge in [0.25, 0.3) is 0 Å². The zero-order valence-corrected chi connectivity index (χ0v) is 11.0. The fourth-order valence-corrected chi connectivity index (χ4v) is 1.45. The van der Waals surface area contributed by atoms with Crippen LogP contribution < -0.4 is 10.2 Å². The summed E-state index contributed by atoms with van der Waals surface area (Å²) in [5.41, 5.74) is 0.349. The third kappa shape index (κ3) is 3.96. The van der Waals surface area contributed by atoms with Gasteiger partial charge in [-0.2, -0.15) is 0 Å². The van der Waals surface area contributed by atoms with Crippen molar-refractivity contribution >= 4 is 17.7 Å². The molecule has 0 saturated carbocycles. The van der Waals surface area contributed by atoms with E-state index >= 15 is 0 Å². The number of anilines is 1. The molecule has 1 aromatic rings. The number of imide groups is 1. The van der Waals surface area contributed by atoms with Crippen LogP contribution in [0.25, 0.3) is 0 Å². The van der Waals surface area contributed by atoms with Crippen molar-refractivity contribution in [1.82, 2.24) is 10.4 Å². The molecule has 0 atom stereocenters. The van der Waals surface area contributed by atoms with Gasteiger partial charge < -0.3 is 5.32 Å². The number of nitrogens with zero attached hydrogens (tertiary/aromatic N) is 2. The van der Waals surface area contributed by atoms with Gasteiger partial charge in [0, 0.05) is 6.54 Å². The molecular formula is C14H17N3O3. The van der Waals surface area contributed by atoms with Gasteiger partial charge in [-0.15, -0.1) is 13.2 Å². The highest BCUT2D eigenvalue weighted by atomic mass is 16.5. The predicted octanol–water partition coefficient (Wildman–Crippen LogP) is 2.39. The molecule has 0 heterocycles. The highest BCUT2D eigenvalue weighted by molar-refractivity contribution is 6.13. The number of amides is 4. The highest BCUT2D eigenvalue weighted by Gasteiger charge is 2.26. The van der Waals surface area contributed by atoms with Gasteiger partial charge in [0.15, 0.2) is 0 Å². The first-order valence-corrected chi connectivity index (χ1v) is 5.97. The number of hydrogen-bond acceptors (Lipinski definition) is 3. The number of urea groups is 2. The van der Waals surface area contributed by atoms with E-state index in [-0.39, 0.29) is 13.1 Å². The average molecular weight is 275 g/mol. The minimum absolute atomic E-state index is 0.0864. The van der Waals surface area contributed by atoms with Crippen LogP contribution >= 0.6 is 0 Å². The first-order chi connectivity index (χ1) is 9.61. The number of carbonyl (C=O) groups is 2. The number of carbonyl (C=O) groups excluding carboxylic acids is 2. The van der Waals surface area contributed by atoms with Gasteiger partial charge in [-0.25, -0.2) is 19.6 Å². The molecule has 6 nitrogen and oxygen atoms in total. The summed E-state index contributed by atoms with van der Waals surface area (Å²) in [6.45, 7) is 7.03. The van der Waals surface area contributed by atoms with E-state index in [1.54, 1.807) is 30.3 Å². The third-order valence-electron chi connectivity index (χ3n) is 2.33. The van der Waals surface area contributed by atoms with Gasteiger partial charge in [0.1, 0.15) is 0 Å². The summed E-state index contributed by atoms with van der Waals surface area (Å²) in [5, 5.41) is 12.5. The predicted molar refractivity (Wildman–Crippen MR) is 76.6 cm³/mol. The van der Waals surface area contributed by atoms with E-state index in [0.29, 0.717) is 10.8 Å². The van der Waals surface area contributed by atoms with E-state index < -0.39 is 12.1 Å². The molecule has 0 bridgehead atoms. The molecule has 0 saturated heterocycles. The Morgan fingerprint density at radius 3 is 2.40 bits per heavy atom. The van der Waals surface area contributed by atoms with Gasteiger partial charge in [0.05, 0.1) is 12.2 Å². The smallest absolute Gasteiger partial charge is 0.334 e. The molecule has 6 heteroatoms. The summed E-state index contributed by atoms with van der Waals surface area (Å²) in [6.07, 6.45) is 2.84. The van der Waals surface area contributed by atoms with Crippen molar-refractivity contribution < 1.29 is 14.8 Å². The van der Waals surface area contributed by atoms with Crippen LogP contribution in [-0.2, 0) is 0 Å². The lowest BCUT2D eigenvalue weighted by Crippen LogP contribution is -2.49. The molecule has 0 aromatic heterocycles. The Bertz CT molecular complexity index is 488. The summed E-state index contributed by atoms with van der Waals surface area (Å²) in [7, 11) is 0. The second-order valence-electron chi connectivity index (χ2n) is 3.80. The summed E-state index contributed by atoms with van der Waals surface area (Å²) < 4.78 is 0. The van der Waals surface area contributed by atoms with E-state index in [1.165, 1.54) is 12.2 Å². The molecule has 1 aromatic carbocycles. The summed E-state index contributed by atoms with van der Waals surface area (Å²) in [4.78, 5) is 25.0. The molecule has 0 fully saturated rings. The number of hydroxylamine groups is 2. The van der Waals surface area contributed by atoms with Crippen LogP contribution in [0.1, 0.15) is 0 Å². The fraction of sp³-hybridized carbons (Fsp3) is 0.143. The zero-order chi connectivity index (χ0) is 15.0. The normalized spacial score (nSPS) is 9.45. The maximum absolute atomic E-state index is 12.1. The van der Waals surface area contributed by atoms with Crippen molar-refractivity contribution in [1.29, 1.82) is 0 Å². The lowest BCUT2D eigenvalue weighted by atomic mass is 10.3. The second-order valence-corrected chi connectivity index (χ2v) is 3.80. The Morgan fingerprint density at radius 2 is 1.85 bits per heavy atom. The molecule has 0 aliphatic carbocycles. The molecule has 0 unspecified atom stereocenters. The molecule has 106 valence electrons. The van der Waals surface area contributed by atoms with Crippen LogP contribution in [0.3, 0.4) is 0 Å². The molecule has 20 heavy (non-hydrogen) atoms. The molecule has 2 N–H and O–H groups in total. The van der Waals surface area contributed by atoms with Crippen molar-refractivity contribution in [2.75, 3.05) is 18.0 Å². The molecule has 1 rings (SSSR count). The summed E-state index contributed by atoms with van der Waals surface area (Å²) >= 11 is 0. The van der Waals surface area contributed by atoms with Crippen molar-refractivity contribution in [2.24, 2.45) is 0 Å². The van der Waals surface area contributed by atoms with Crippen LogP contribution in [0.15, 0.2) is 55.6 Å². The van der Waals surface area contributed by atoms with Crippen LogP contribution in [0.4, 0.5) is 15.3 Å². The Morgan fingerprint density at radius 1 is 1.20 bits per heavy atom. The van der Waals surface area contributed by atoms with E-state index in [0.717, 1.165) is 4.90 Å². The molecule has 0 radical (unpaired) electrons. The Balaban J connectivity index is 3.01. The van der Waals surface area contributed by atoms with Crippen LogP contribution in [0.5, 0.6) is 0 Å². The minimum Gasteiger partial charge on any atom is -0.334 e. The lowest BCUT2D eigenvalue weighted by molar-refractivity contribution is -0.0288. The number of benzene rings is 1. The molecule has 0 spiro atoms. The Labute approximate surface area is 117 Å². The monoisotopic (exact) mass is 275 g/mol. The van der Waals surface area contributed by atoms with E-state index in [4.69, 9.17) is 0 Å². The van der Waals surface area contributed by atoms with Crippen LogP contribution in [-0.4, -0.2) is 35.4 Å². The quantitative estimate of drug-likeness (QED) is 0.492. The van der Waals surface area contributed by atoms with Crippen molar-refractivity contribution in [3.05, 3.63) is 55.6 Å². The number of nitrogens with one attached hydrogen (secondary N) is 1. The number of rotatable bonds is 5.